The minimum absolute atomic E-state index is 0.0972. The third-order valence-corrected chi connectivity index (χ3v) is 7.40. The van der Waals surface area contributed by atoms with Crippen molar-refractivity contribution in [3.63, 3.8) is 0 Å². The van der Waals surface area contributed by atoms with E-state index in [0.29, 0.717) is 16.9 Å². The van der Waals surface area contributed by atoms with Gasteiger partial charge < -0.3 is 9.47 Å². The number of nitriles is 1. The van der Waals surface area contributed by atoms with Crippen LogP contribution in [0.5, 0.6) is 0 Å². The maximum Gasteiger partial charge on any atom is 0.261 e. The van der Waals surface area contributed by atoms with Gasteiger partial charge in [-0.25, -0.2) is 13.4 Å². The molecule has 166 valence electrons. The molecule has 1 N–H and O–H groups in total. The second-order valence-electron chi connectivity index (χ2n) is 8.20. The normalized spacial score (nSPS) is 13.9. The Balaban J connectivity index is 1.59. The van der Waals surface area contributed by atoms with Crippen molar-refractivity contribution in [1.82, 2.24) is 9.55 Å². The number of fused-ring (bicyclic) bond motifs is 1. The summed E-state index contributed by atoms with van der Waals surface area (Å²) < 4.78 is 30.8. The first-order valence-corrected chi connectivity index (χ1v) is 12.3. The standard InChI is InChI=1S/C25H23N5O2S/c1-29-17-22(19-5-4-6-20(15-19)30-13-2-3-14-30)24-23(11-12-27-25(24)29)28-33(31,32)21-9-7-18(16-26)8-10-21/h4-12,15,17H,2-3,13-14H2,1H3,(H,27,28). The van der Waals surface area contributed by atoms with E-state index in [0.717, 1.165) is 29.6 Å². The average molecular weight is 458 g/mol. The quantitative estimate of drug-likeness (QED) is 0.476. The smallest absolute Gasteiger partial charge is 0.261 e. The highest BCUT2D eigenvalue weighted by molar-refractivity contribution is 7.92. The number of anilines is 2. The Morgan fingerprint density at radius 1 is 1.06 bits per heavy atom. The fraction of sp³-hybridized carbons (Fsp3) is 0.200. The van der Waals surface area contributed by atoms with Crippen molar-refractivity contribution in [2.45, 2.75) is 17.7 Å². The molecule has 7 nitrogen and oxygen atoms in total. The molecular weight excluding hydrogens is 434 g/mol. The molecule has 0 unspecified atom stereocenters. The lowest BCUT2D eigenvalue weighted by molar-refractivity contribution is 0.601. The predicted octanol–water partition coefficient (Wildman–Crippen LogP) is 4.51. The van der Waals surface area contributed by atoms with Crippen molar-refractivity contribution in [3.05, 3.63) is 72.6 Å². The predicted molar refractivity (Wildman–Crippen MR) is 130 cm³/mol. The van der Waals surface area contributed by atoms with Gasteiger partial charge in [0.2, 0.25) is 0 Å². The summed E-state index contributed by atoms with van der Waals surface area (Å²) in [7, 11) is -1.94. The Labute approximate surface area is 193 Å². The van der Waals surface area contributed by atoms with Gasteiger partial charge in [0.1, 0.15) is 5.65 Å². The molecule has 4 aromatic rings. The van der Waals surface area contributed by atoms with Crippen molar-refractivity contribution in [3.8, 4) is 17.2 Å². The van der Waals surface area contributed by atoms with Crippen LogP contribution in [-0.2, 0) is 17.1 Å². The number of nitrogens with one attached hydrogen (secondary N) is 1. The second-order valence-corrected chi connectivity index (χ2v) is 9.88. The molecule has 8 heteroatoms. The molecule has 0 radical (unpaired) electrons. The van der Waals surface area contributed by atoms with E-state index in [1.807, 2.05) is 36.0 Å². The molecule has 2 aromatic carbocycles. The molecule has 0 aliphatic carbocycles. The molecule has 1 aliphatic rings. The summed E-state index contributed by atoms with van der Waals surface area (Å²) in [5.74, 6) is 0. The van der Waals surface area contributed by atoms with E-state index in [2.05, 4.69) is 26.7 Å². The first kappa shape index (κ1) is 21.0. The van der Waals surface area contributed by atoms with Crippen LogP contribution in [-0.4, -0.2) is 31.1 Å². The van der Waals surface area contributed by atoms with Crippen molar-refractivity contribution in [2.24, 2.45) is 7.05 Å². The number of hydrogen-bond acceptors (Lipinski definition) is 5. The van der Waals surface area contributed by atoms with E-state index >= 15 is 0 Å². The Morgan fingerprint density at radius 3 is 2.55 bits per heavy atom. The molecule has 1 aliphatic heterocycles. The lowest BCUT2D eigenvalue weighted by atomic mass is 10.0. The maximum atomic E-state index is 13.1. The van der Waals surface area contributed by atoms with Crippen LogP contribution in [0.15, 0.2) is 71.9 Å². The number of pyridine rings is 1. The molecule has 33 heavy (non-hydrogen) atoms. The SMILES string of the molecule is Cn1cc(-c2cccc(N3CCCC3)c2)c2c(NS(=O)(=O)c3ccc(C#N)cc3)ccnc21. The average Bonchev–Trinajstić information content (AvgIpc) is 3.48. The summed E-state index contributed by atoms with van der Waals surface area (Å²) >= 11 is 0. The topological polar surface area (TPSA) is 91.0 Å². The highest BCUT2D eigenvalue weighted by Crippen LogP contribution is 2.37. The highest BCUT2D eigenvalue weighted by atomic mass is 32.2. The molecule has 0 amide bonds. The molecule has 0 saturated carbocycles. The minimum Gasteiger partial charge on any atom is -0.372 e. The number of aryl methyl sites for hydroxylation is 1. The van der Waals surface area contributed by atoms with Crippen LogP contribution in [0.1, 0.15) is 18.4 Å². The number of nitrogens with zero attached hydrogens (tertiary/aromatic N) is 4. The van der Waals surface area contributed by atoms with Gasteiger partial charge in [0.25, 0.3) is 10.0 Å². The minimum atomic E-state index is -3.85. The van der Waals surface area contributed by atoms with Gasteiger partial charge in [0, 0.05) is 43.8 Å². The van der Waals surface area contributed by atoms with Crippen LogP contribution < -0.4 is 9.62 Å². The first-order valence-electron chi connectivity index (χ1n) is 10.8. The molecule has 0 bridgehead atoms. The van der Waals surface area contributed by atoms with Gasteiger partial charge in [-0.15, -0.1) is 0 Å². The number of sulfonamides is 1. The van der Waals surface area contributed by atoms with E-state index in [9.17, 15) is 8.42 Å². The maximum absolute atomic E-state index is 13.1. The van der Waals surface area contributed by atoms with Crippen LogP contribution >= 0.6 is 0 Å². The van der Waals surface area contributed by atoms with Gasteiger partial charge >= 0.3 is 0 Å². The van der Waals surface area contributed by atoms with Gasteiger partial charge in [-0.05, 0) is 60.9 Å². The van der Waals surface area contributed by atoms with E-state index < -0.39 is 10.0 Å². The Kier molecular flexibility index (Phi) is 5.27. The molecule has 0 atom stereocenters. The lowest BCUT2D eigenvalue weighted by Crippen LogP contribution is -2.17. The van der Waals surface area contributed by atoms with E-state index in [1.54, 1.807) is 12.3 Å². The van der Waals surface area contributed by atoms with Gasteiger partial charge in [0.05, 0.1) is 27.6 Å². The Hall–Kier alpha value is -3.83. The lowest BCUT2D eigenvalue weighted by Gasteiger charge is -2.18. The highest BCUT2D eigenvalue weighted by Gasteiger charge is 2.20. The van der Waals surface area contributed by atoms with Crippen LogP contribution in [0.4, 0.5) is 11.4 Å². The molecule has 3 heterocycles. The van der Waals surface area contributed by atoms with Crippen molar-refractivity contribution in [1.29, 1.82) is 5.26 Å². The summed E-state index contributed by atoms with van der Waals surface area (Å²) in [5.41, 5.74) is 4.66. The monoisotopic (exact) mass is 457 g/mol. The zero-order chi connectivity index (χ0) is 23.0. The summed E-state index contributed by atoms with van der Waals surface area (Å²) in [4.78, 5) is 6.97. The van der Waals surface area contributed by atoms with Gasteiger partial charge in [-0.1, -0.05) is 12.1 Å². The fourth-order valence-electron chi connectivity index (χ4n) is 4.36. The number of hydrogen-bond donors (Lipinski definition) is 1. The Morgan fingerprint density at radius 2 is 1.82 bits per heavy atom. The molecule has 5 rings (SSSR count). The molecule has 1 saturated heterocycles. The van der Waals surface area contributed by atoms with E-state index in [1.165, 1.54) is 42.8 Å². The van der Waals surface area contributed by atoms with Gasteiger partial charge in [-0.2, -0.15) is 5.26 Å². The van der Waals surface area contributed by atoms with E-state index in [4.69, 9.17) is 5.26 Å². The molecule has 1 fully saturated rings. The van der Waals surface area contributed by atoms with Crippen molar-refractivity contribution < 1.29 is 8.42 Å². The third-order valence-electron chi connectivity index (χ3n) is 6.02. The zero-order valence-corrected chi connectivity index (χ0v) is 19.0. The van der Waals surface area contributed by atoms with Gasteiger partial charge in [0.15, 0.2) is 0 Å². The number of benzene rings is 2. The van der Waals surface area contributed by atoms with Crippen molar-refractivity contribution in [2.75, 3.05) is 22.7 Å². The first-order chi connectivity index (χ1) is 16.0. The summed E-state index contributed by atoms with van der Waals surface area (Å²) in [6.45, 7) is 2.10. The summed E-state index contributed by atoms with van der Waals surface area (Å²) in [6, 6.07) is 17.9. The van der Waals surface area contributed by atoms with Crippen LogP contribution in [0, 0.1) is 11.3 Å². The fourth-order valence-corrected chi connectivity index (χ4v) is 5.44. The van der Waals surface area contributed by atoms with Crippen LogP contribution in [0.25, 0.3) is 22.2 Å². The van der Waals surface area contributed by atoms with Crippen LogP contribution in [0.3, 0.4) is 0 Å². The number of rotatable bonds is 5. The molecule has 0 spiro atoms. The third kappa shape index (κ3) is 3.92. The second kappa shape index (κ2) is 8.26. The zero-order valence-electron chi connectivity index (χ0n) is 18.2. The summed E-state index contributed by atoms with van der Waals surface area (Å²) in [6.07, 6.45) is 5.98. The van der Waals surface area contributed by atoms with E-state index in [-0.39, 0.29) is 4.90 Å². The van der Waals surface area contributed by atoms with Gasteiger partial charge in [-0.3, -0.25) is 4.72 Å². The Bertz CT molecular complexity index is 1480. The molecule has 2 aromatic heterocycles. The van der Waals surface area contributed by atoms with Crippen LogP contribution in [0.2, 0.25) is 0 Å². The van der Waals surface area contributed by atoms with Crippen molar-refractivity contribution >= 4 is 32.4 Å². The number of aromatic nitrogens is 2. The molecular formula is C25H23N5O2S. The largest absolute Gasteiger partial charge is 0.372 e. The summed E-state index contributed by atoms with van der Waals surface area (Å²) in [5, 5.41) is 9.73.